The van der Waals surface area contributed by atoms with Crippen molar-refractivity contribution >= 4 is 33.0 Å². The molecule has 8 heteroatoms. The van der Waals surface area contributed by atoms with Gasteiger partial charge in [-0.2, -0.15) is 0 Å². The third-order valence-electron chi connectivity index (χ3n) is 3.85. The van der Waals surface area contributed by atoms with Crippen LogP contribution in [0.25, 0.3) is 0 Å². The molecule has 1 aromatic heterocycles. The van der Waals surface area contributed by atoms with E-state index in [9.17, 15) is 17.6 Å². The molecule has 0 bridgehead atoms. The van der Waals surface area contributed by atoms with E-state index in [0.717, 1.165) is 4.88 Å². The number of fused-ring (bicyclic) bond motifs is 1. The van der Waals surface area contributed by atoms with E-state index in [1.54, 1.807) is 18.2 Å². The summed E-state index contributed by atoms with van der Waals surface area (Å²) in [5.74, 6) is -0.484. The van der Waals surface area contributed by atoms with Gasteiger partial charge in [-0.3, -0.25) is 9.10 Å². The van der Waals surface area contributed by atoms with E-state index in [1.165, 1.54) is 34.7 Å². The Balaban J connectivity index is 1.82. The fraction of sp³-hybridized carbons (Fsp3) is 0.312. The van der Waals surface area contributed by atoms with Crippen LogP contribution in [0.5, 0.6) is 0 Å². The first-order chi connectivity index (χ1) is 11.4. The van der Waals surface area contributed by atoms with Gasteiger partial charge in [0.2, 0.25) is 5.91 Å². The van der Waals surface area contributed by atoms with Crippen molar-refractivity contribution in [1.29, 1.82) is 0 Å². The molecule has 0 saturated carbocycles. The van der Waals surface area contributed by atoms with Crippen LogP contribution < -0.4 is 9.62 Å². The molecule has 0 aliphatic carbocycles. The van der Waals surface area contributed by atoms with Gasteiger partial charge in [-0.1, -0.05) is 6.07 Å². The lowest BCUT2D eigenvalue weighted by Gasteiger charge is -2.18. The number of halogens is 1. The zero-order valence-corrected chi connectivity index (χ0v) is 14.7. The van der Waals surface area contributed by atoms with Gasteiger partial charge in [0.15, 0.2) is 0 Å². The van der Waals surface area contributed by atoms with E-state index in [4.69, 9.17) is 0 Å². The Bertz CT molecular complexity index is 877. The Morgan fingerprint density at radius 1 is 1.33 bits per heavy atom. The molecule has 0 saturated heterocycles. The molecule has 128 valence electrons. The van der Waals surface area contributed by atoms with E-state index in [-0.39, 0.29) is 22.5 Å². The fourth-order valence-corrected chi connectivity index (χ4v) is 5.68. The third-order valence-corrected chi connectivity index (χ3v) is 7.28. The molecule has 0 radical (unpaired) electrons. The fourth-order valence-electron chi connectivity index (χ4n) is 2.71. The standard InChI is InChI=1S/C16H17FN2O3S2/c1-11(20)18-9-7-12-5-6-16(23-12)24(21,22)19-10-8-13-14(17)3-2-4-15(13)19/h2-6H,7-10H2,1H3,(H,18,20). The number of thiophene rings is 1. The van der Waals surface area contributed by atoms with Gasteiger partial charge in [0, 0.05) is 30.5 Å². The van der Waals surface area contributed by atoms with Gasteiger partial charge >= 0.3 is 0 Å². The van der Waals surface area contributed by atoms with Crippen LogP contribution >= 0.6 is 11.3 Å². The minimum Gasteiger partial charge on any atom is -0.356 e. The molecule has 0 atom stereocenters. The van der Waals surface area contributed by atoms with Crippen LogP contribution in [-0.4, -0.2) is 27.4 Å². The highest BCUT2D eigenvalue weighted by molar-refractivity contribution is 7.94. The van der Waals surface area contributed by atoms with E-state index in [1.807, 2.05) is 0 Å². The van der Waals surface area contributed by atoms with Crippen molar-refractivity contribution < 1.29 is 17.6 Å². The lowest BCUT2D eigenvalue weighted by Crippen LogP contribution is -2.28. The summed E-state index contributed by atoms with van der Waals surface area (Å²) < 4.78 is 41.0. The summed E-state index contributed by atoms with van der Waals surface area (Å²) in [5.41, 5.74) is 0.867. The number of nitrogens with one attached hydrogen (secondary N) is 1. The predicted molar refractivity (Wildman–Crippen MR) is 91.3 cm³/mol. The van der Waals surface area contributed by atoms with Crippen LogP contribution in [0.1, 0.15) is 17.4 Å². The summed E-state index contributed by atoms with van der Waals surface area (Å²) in [5, 5.41) is 2.68. The minimum atomic E-state index is -3.69. The normalized spacial score (nSPS) is 13.8. The van der Waals surface area contributed by atoms with E-state index in [2.05, 4.69) is 5.32 Å². The summed E-state index contributed by atoms with van der Waals surface area (Å²) in [6, 6.07) is 7.83. The third kappa shape index (κ3) is 3.16. The quantitative estimate of drug-likeness (QED) is 0.881. The number of hydrogen-bond acceptors (Lipinski definition) is 4. The maximum atomic E-state index is 13.8. The first-order valence-corrected chi connectivity index (χ1v) is 9.78. The maximum absolute atomic E-state index is 13.8. The van der Waals surface area contributed by atoms with Crippen molar-refractivity contribution in [2.45, 2.75) is 24.0 Å². The molecule has 1 aliphatic heterocycles. The molecular formula is C16H17FN2O3S2. The van der Waals surface area contributed by atoms with Crippen LogP contribution in [0.4, 0.5) is 10.1 Å². The van der Waals surface area contributed by atoms with Crippen molar-refractivity contribution in [1.82, 2.24) is 5.32 Å². The van der Waals surface area contributed by atoms with Crippen LogP contribution in [0, 0.1) is 5.82 Å². The molecule has 1 amide bonds. The van der Waals surface area contributed by atoms with Gasteiger partial charge in [-0.05, 0) is 37.1 Å². The number of carbonyl (C=O) groups excluding carboxylic acids is 1. The van der Waals surface area contributed by atoms with Gasteiger partial charge < -0.3 is 5.32 Å². The molecular weight excluding hydrogens is 351 g/mol. The van der Waals surface area contributed by atoms with Gasteiger partial charge in [0.25, 0.3) is 10.0 Å². The maximum Gasteiger partial charge on any atom is 0.273 e. The summed E-state index contributed by atoms with van der Waals surface area (Å²) in [6.07, 6.45) is 0.951. The lowest BCUT2D eigenvalue weighted by atomic mass is 10.1. The number of hydrogen-bond donors (Lipinski definition) is 1. The number of sulfonamides is 1. The van der Waals surface area contributed by atoms with Crippen LogP contribution in [0.15, 0.2) is 34.5 Å². The summed E-state index contributed by atoms with van der Waals surface area (Å²) >= 11 is 1.18. The Morgan fingerprint density at radius 2 is 2.12 bits per heavy atom. The summed E-state index contributed by atoms with van der Waals surface area (Å²) in [7, 11) is -3.69. The monoisotopic (exact) mass is 368 g/mol. The number of nitrogens with zero attached hydrogens (tertiary/aromatic N) is 1. The summed E-state index contributed by atoms with van der Waals surface area (Å²) in [4.78, 5) is 11.8. The summed E-state index contributed by atoms with van der Waals surface area (Å²) in [6.45, 7) is 2.15. The van der Waals surface area contributed by atoms with Crippen molar-refractivity contribution in [3.63, 3.8) is 0 Å². The Labute approximate surface area is 144 Å². The van der Waals surface area contributed by atoms with E-state index >= 15 is 0 Å². The highest BCUT2D eigenvalue weighted by Gasteiger charge is 2.33. The van der Waals surface area contributed by atoms with Crippen molar-refractivity contribution in [2.24, 2.45) is 0 Å². The van der Waals surface area contributed by atoms with Gasteiger partial charge in [0.05, 0.1) is 5.69 Å². The molecule has 0 fully saturated rings. The number of carbonyl (C=O) groups is 1. The van der Waals surface area contributed by atoms with Gasteiger partial charge in [-0.25, -0.2) is 12.8 Å². The number of benzene rings is 1. The molecule has 3 rings (SSSR count). The largest absolute Gasteiger partial charge is 0.356 e. The Morgan fingerprint density at radius 3 is 2.88 bits per heavy atom. The van der Waals surface area contributed by atoms with Gasteiger partial charge in [-0.15, -0.1) is 11.3 Å². The number of anilines is 1. The predicted octanol–water partition coefficient (Wildman–Crippen LogP) is 2.32. The average molecular weight is 368 g/mol. The molecule has 0 spiro atoms. The molecule has 1 aromatic carbocycles. The molecule has 5 nitrogen and oxygen atoms in total. The number of rotatable bonds is 5. The van der Waals surface area contributed by atoms with Crippen molar-refractivity contribution in [3.05, 3.63) is 46.6 Å². The van der Waals surface area contributed by atoms with E-state index in [0.29, 0.717) is 30.6 Å². The average Bonchev–Trinajstić information content (AvgIpc) is 3.14. The Kier molecular flexibility index (Phi) is 4.60. The molecule has 1 N–H and O–H groups in total. The van der Waals surface area contributed by atoms with Crippen LogP contribution in [0.2, 0.25) is 0 Å². The topological polar surface area (TPSA) is 66.5 Å². The Hall–Kier alpha value is -1.93. The van der Waals surface area contributed by atoms with Crippen LogP contribution in [-0.2, 0) is 27.7 Å². The zero-order valence-electron chi connectivity index (χ0n) is 13.1. The van der Waals surface area contributed by atoms with Gasteiger partial charge in [0.1, 0.15) is 10.0 Å². The molecule has 1 aliphatic rings. The minimum absolute atomic E-state index is 0.116. The van der Waals surface area contributed by atoms with Crippen LogP contribution in [0.3, 0.4) is 0 Å². The molecule has 2 aromatic rings. The van der Waals surface area contributed by atoms with Crippen molar-refractivity contribution in [3.8, 4) is 0 Å². The second-order valence-electron chi connectivity index (χ2n) is 5.52. The highest BCUT2D eigenvalue weighted by Crippen LogP contribution is 2.36. The highest BCUT2D eigenvalue weighted by atomic mass is 32.2. The lowest BCUT2D eigenvalue weighted by molar-refractivity contribution is -0.118. The zero-order chi connectivity index (χ0) is 17.3. The second-order valence-corrected chi connectivity index (χ2v) is 8.78. The number of amides is 1. The first-order valence-electron chi connectivity index (χ1n) is 7.53. The second kappa shape index (κ2) is 6.52. The van der Waals surface area contributed by atoms with E-state index < -0.39 is 10.0 Å². The first kappa shape index (κ1) is 16.9. The molecule has 0 unspecified atom stereocenters. The smallest absolute Gasteiger partial charge is 0.273 e. The molecule has 2 heterocycles. The molecule has 24 heavy (non-hydrogen) atoms. The van der Waals surface area contributed by atoms with Crippen molar-refractivity contribution in [2.75, 3.05) is 17.4 Å². The SMILES string of the molecule is CC(=O)NCCc1ccc(S(=O)(=O)N2CCc3c(F)cccc32)s1.